The fourth-order valence-corrected chi connectivity index (χ4v) is 0.959. The third-order valence-corrected chi connectivity index (χ3v) is 1.72. The molecule has 0 radical (unpaired) electrons. The Kier molecular flexibility index (Phi) is 2.53. The maximum absolute atomic E-state index is 10.2. The molecular weight excluding hydrogens is 212 g/mol. The Balaban J connectivity index is 3.01. The van der Waals surface area contributed by atoms with Gasteiger partial charge < -0.3 is 0 Å². The van der Waals surface area contributed by atoms with Crippen LogP contribution in [-0.2, 0) is 5.33 Å². The number of nitrogens with zero attached hydrogens (tertiary/aromatic N) is 2. The van der Waals surface area contributed by atoms with Gasteiger partial charge in [-0.05, 0) is 0 Å². The van der Waals surface area contributed by atoms with E-state index in [1.165, 1.54) is 18.3 Å². The van der Waals surface area contributed by atoms with E-state index in [4.69, 9.17) is 0 Å². The Hall–Kier alpha value is -0.970. The highest BCUT2D eigenvalue weighted by Gasteiger charge is 2.04. The monoisotopic (exact) mass is 216 g/mol. The first-order valence-corrected chi connectivity index (χ1v) is 4.01. The van der Waals surface area contributed by atoms with Crippen molar-refractivity contribution in [3.8, 4) is 0 Å². The van der Waals surface area contributed by atoms with E-state index in [-0.39, 0.29) is 5.69 Å². The summed E-state index contributed by atoms with van der Waals surface area (Å²) in [4.78, 5) is 13.7. The molecule has 0 amide bonds. The lowest BCUT2D eigenvalue weighted by Crippen LogP contribution is -1.90. The van der Waals surface area contributed by atoms with Gasteiger partial charge in [0.2, 0.25) is 0 Å². The molecule has 0 saturated carbocycles. The zero-order chi connectivity index (χ0) is 8.27. The minimum Gasteiger partial charge on any atom is -0.260 e. The molecule has 0 aliphatic rings. The van der Waals surface area contributed by atoms with Gasteiger partial charge in [0.1, 0.15) is 0 Å². The second-order valence-corrected chi connectivity index (χ2v) is 2.46. The highest BCUT2D eigenvalue weighted by Crippen LogP contribution is 2.12. The van der Waals surface area contributed by atoms with Crippen LogP contribution in [0.3, 0.4) is 0 Å². The normalized spacial score (nSPS) is 9.55. The molecule has 0 aromatic carbocycles. The van der Waals surface area contributed by atoms with Crippen molar-refractivity contribution in [3.05, 3.63) is 34.1 Å². The van der Waals surface area contributed by atoms with Crippen molar-refractivity contribution in [2.45, 2.75) is 5.33 Å². The van der Waals surface area contributed by atoms with E-state index in [2.05, 4.69) is 20.9 Å². The summed E-state index contributed by atoms with van der Waals surface area (Å²) < 4.78 is 0. The molecule has 0 spiro atoms. The van der Waals surface area contributed by atoms with Crippen LogP contribution in [0.1, 0.15) is 5.69 Å². The number of alkyl halides is 1. The average molecular weight is 217 g/mol. The van der Waals surface area contributed by atoms with Crippen molar-refractivity contribution < 1.29 is 4.92 Å². The number of rotatable bonds is 2. The van der Waals surface area contributed by atoms with Gasteiger partial charge in [0.15, 0.2) is 0 Å². The molecule has 1 aromatic heterocycles. The molecule has 0 atom stereocenters. The summed E-state index contributed by atoms with van der Waals surface area (Å²) in [5, 5.41) is 10.8. The first-order chi connectivity index (χ1) is 5.24. The van der Waals surface area contributed by atoms with E-state index in [0.29, 0.717) is 11.0 Å². The largest absolute Gasteiger partial charge is 0.272 e. The van der Waals surface area contributed by atoms with Gasteiger partial charge in [-0.25, -0.2) is 0 Å². The lowest BCUT2D eigenvalue weighted by atomic mass is 10.3. The lowest BCUT2D eigenvalue weighted by molar-refractivity contribution is -0.385. The van der Waals surface area contributed by atoms with Gasteiger partial charge in [0, 0.05) is 23.7 Å². The van der Waals surface area contributed by atoms with E-state index in [1.54, 1.807) is 0 Å². The molecule has 11 heavy (non-hydrogen) atoms. The molecule has 1 heterocycles. The number of nitro groups is 1. The molecule has 58 valence electrons. The van der Waals surface area contributed by atoms with E-state index in [1.807, 2.05) is 0 Å². The number of aromatic nitrogens is 1. The first kappa shape index (κ1) is 8.13. The summed E-state index contributed by atoms with van der Waals surface area (Å²) in [6.45, 7) is 0. The number of halogens is 1. The Morgan fingerprint density at radius 2 is 2.45 bits per heavy atom. The summed E-state index contributed by atoms with van der Waals surface area (Å²) >= 11 is 3.16. The molecule has 4 nitrogen and oxygen atoms in total. The van der Waals surface area contributed by atoms with Gasteiger partial charge in [-0.3, -0.25) is 15.1 Å². The summed E-state index contributed by atoms with van der Waals surface area (Å²) in [5.74, 6) is 0. The van der Waals surface area contributed by atoms with Crippen molar-refractivity contribution in [1.82, 2.24) is 4.98 Å². The lowest BCUT2D eigenvalue weighted by Gasteiger charge is -1.92. The third kappa shape index (κ3) is 1.98. The Bertz CT molecular complexity index is 277. The van der Waals surface area contributed by atoms with Gasteiger partial charge in [-0.15, -0.1) is 0 Å². The van der Waals surface area contributed by atoms with Gasteiger partial charge in [-0.1, -0.05) is 15.9 Å². The highest BCUT2D eigenvalue weighted by atomic mass is 79.9. The second kappa shape index (κ2) is 3.43. The van der Waals surface area contributed by atoms with Crippen LogP contribution in [0.5, 0.6) is 0 Å². The standard InChI is InChI=1S/C6H5BrN2O2/c7-4-5-3-6(9(10)11)1-2-8-5/h1-3H,4H2. The fourth-order valence-electron chi connectivity index (χ4n) is 0.652. The zero-order valence-corrected chi connectivity index (χ0v) is 7.11. The van der Waals surface area contributed by atoms with E-state index < -0.39 is 4.92 Å². The SMILES string of the molecule is O=[N+]([O-])c1ccnc(CBr)c1. The third-order valence-electron chi connectivity index (χ3n) is 1.15. The van der Waals surface area contributed by atoms with Crippen molar-refractivity contribution >= 4 is 21.6 Å². The van der Waals surface area contributed by atoms with Crippen LogP contribution < -0.4 is 0 Å². The van der Waals surface area contributed by atoms with Gasteiger partial charge in [-0.2, -0.15) is 0 Å². The summed E-state index contributed by atoms with van der Waals surface area (Å²) in [6.07, 6.45) is 1.43. The quantitative estimate of drug-likeness (QED) is 0.431. The average Bonchev–Trinajstić information content (AvgIpc) is 2.05. The van der Waals surface area contributed by atoms with Gasteiger partial charge >= 0.3 is 0 Å². The molecule has 1 rings (SSSR count). The van der Waals surface area contributed by atoms with E-state index in [0.717, 1.165) is 0 Å². The van der Waals surface area contributed by atoms with Crippen LogP contribution in [-0.4, -0.2) is 9.91 Å². The predicted octanol–water partition coefficient (Wildman–Crippen LogP) is 1.88. The molecule has 0 aliphatic heterocycles. The fraction of sp³-hybridized carbons (Fsp3) is 0.167. The van der Waals surface area contributed by atoms with Crippen LogP contribution in [0, 0.1) is 10.1 Å². The minimum absolute atomic E-state index is 0.0782. The molecule has 1 aromatic rings. The van der Waals surface area contributed by atoms with Crippen LogP contribution in [0.15, 0.2) is 18.3 Å². The second-order valence-electron chi connectivity index (χ2n) is 1.90. The van der Waals surface area contributed by atoms with Crippen LogP contribution >= 0.6 is 15.9 Å². The van der Waals surface area contributed by atoms with Crippen molar-refractivity contribution in [3.63, 3.8) is 0 Å². The number of pyridine rings is 1. The topological polar surface area (TPSA) is 56.0 Å². The molecule has 0 N–H and O–H groups in total. The van der Waals surface area contributed by atoms with Crippen LogP contribution in [0.4, 0.5) is 5.69 Å². The molecule has 0 unspecified atom stereocenters. The summed E-state index contributed by atoms with van der Waals surface area (Å²) in [7, 11) is 0. The Morgan fingerprint density at radius 1 is 1.73 bits per heavy atom. The highest BCUT2D eigenvalue weighted by molar-refractivity contribution is 9.08. The van der Waals surface area contributed by atoms with E-state index in [9.17, 15) is 10.1 Å². The molecule has 0 fully saturated rings. The maximum Gasteiger partial charge on any atom is 0.272 e. The summed E-state index contributed by atoms with van der Waals surface area (Å²) in [6, 6.07) is 2.81. The minimum atomic E-state index is -0.437. The number of hydrogen-bond donors (Lipinski definition) is 0. The Labute approximate surface area is 71.5 Å². The molecule has 0 saturated heterocycles. The zero-order valence-electron chi connectivity index (χ0n) is 5.53. The van der Waals surface area contributed by atoms with Crippen molar-refractivity contribution in [2.24, 2.45) is 0 Å². The van der Waals surface area contributed by atoms with E-state index >= 15 is 0 Å². The first-order valence-electron chi connectivity index (χ1n) is 2.89. The predicted molar refractivity (Wildman–Crippen MR) is 43.5 cm³/mol. The molecule has 5 heteroatoms. The van der Waals surface area contributed by atoms with Crippen LogP contribution in [0.2, 0.25) is 0 Å². The smallest absolute Gasteiger partial charge is 0.260 e. The molecular formula is C6H5BrN2O2. The molecule has 0 bridgehead atoms. The van der Waals surface area contributed by atoms with Crippen LogP contribution in [0.25, 0.3) is 0 Å². The number of hydrogen-bond acceptors (Lipinski definition) is 3. The van der Waals surface area contributed by atoms with Crippen molar-refractivity contribution in [2.75, 3.05) is 0 Å². The Morgan fingerprint density at radius 3 is 3.00 bits per heavy atom. The molecule has 0 aliphatic carbocycles. The van der Waals surface area contributed by atoms with Gasteiger partial charge in [0.25, 0.3) is 5.69 Å². The maximum atomic E-state index is 10.2. The summed E-state index contributed by atoms with van der Waals surface area (Å²) in [5.41, 5.74) is 0.744. The van der Waals surface area contributed by atoms with Gasteiger partial charge in [0.05, 0.1) is 10.6 Å². The van der Waals surface area contributed by atoms with Crippen molar-refractivity contribution in [1.29, 1.82) is 0 Å².